The van der Waals surface area contributed by atoms with Crippen molar-refractivity contribution < 1.29 is 9.53 Å². The highest BCUT2D eigenvalue weighted by Gasteiger charge is 2.19. The molecule has 6 heteroatoms. The third kappa shape index (κ3) is 4.19. The summed E-state index contributed by atoms with van der Waals surface area (Å²) in [6, 6.07) is 15.5. The van der Waals surface area contributed by atoms with Crippen LogP contribution in [0.2, 0.25) is 0 Å². The van der Waals surface area contributed by atoms with Crippen LogP contribution in [0, 0.1) is 11.3 Å². The molecule has 0 fully saturated rings. The molecule has 2 aromatic carbocycles. The SMILES string of the molecule is CCCCNC(=O)Nc1cccc(-c2c(C#N)c3ccc(OC)cc3n2CC)c1. The molecule has 2 N–H and O–H groups in total. The zero-order valence-electron chi connectivity index (χ0n) is 17.1. The van der Waals surface area contributed by atoms with Gasteiger partial charge in [-0.05, 0) is 37.6 Å². The maximum absolute atomic E-state index is 12.1. The van der Waals surface area contributed by atoms with Gasteiger partial charge in [0.2, 0.25) is 0 Å². The van der Waals surface area contributed by atoms with Crippen molar-refractivity contribution in [2.24, 2.45) is 0 Å². The molecule has 0 spiro atoms. The predicted molar refractivity (Wildman–Crippen MR) is 116 cm³/mol. The lowest BCUT2D eigenvalue weighted by Crippen LogP contribution is -2.29. The summed E-state index contributed by atoms with van der Waals surface area (Å²) in [5.41, 5.74) is 3.98. The summed E-state index contributed by atoms with van der Waals surface area (Å²) in [5, 5.41) is 16.5. The Bertz CT molecular complexity index is 1060. The molecule has 6 nitrogen and oxygen atoms in total. The second-order valence-electron chi connectivity index (χ2n) is 6.78. The van der Waals surface area contributed by atoms with E-state index in [9.17, 15) is 10.1 Å². The summed E-state index contributed by atoms with van der Waals surface area (Å²) < 4.78 is 7.47. The highest BCUT2D eigenvalue weighted by Crippen LogP contribution is 2.36. The first-order valence-electron chi connectivity index (χ1n) is 9.88. The molecular weight excluding hydrogens is 364 g/mol. The number of aryl methyl sites for hydroxylation is 1. The Morgan fingerprint density at radius 3 is 2.72 bits per heavy atom. The summed E-state index contributed by atoms with van der Waals surface area (Å²) in [7, 11) is 1.63. The number of nitrogens with zero attached hydrogens (tertiary/aromatic N) is 2. The van der Waals surface area contributed by atoms with Crippen LogP contribution in [0.15, 0.2) is 42.5 Å². The van der Waals surface area contributed by atoms with Gasteiger partial charge >= 0.3 is 6.03 Å². The van der Waals surface area contributed by atoms with E-state index in [1.54, 1.807) is 7.11 Å². The lowest BCUT2D eigenvalue weighted by atomic mass is 10.1. The fourth-order valence-corrected chi connectivity index (χ4v) is 3.50. The van der Waals surface area contributed by atoms with E-state index in [-0.39, 0.29) is 6.03 Å². The topological polar surface area (TPSA) is 79.1 Å². The van der Waals surface area contributed by atoms with Gasteiger partial charge in [0, 0.05) is 35.8 Å². The van der Waals surface area contributed by atoms with Crippen molar-refractivity contribution in [3.05, 3.63) is 48.0 Å². The Labute approximate surface area is 171 Å². The number of anilines is 1. The maximum Gasteiger partial charge on any atom is 0.319 e. The van der Waals surface area contributed by atoms with E-state index in [1.807, 2.05) is 49.4 Å². The van der Waals surface area contributed by atoms with Gasteiger partial charge in [0.15, 0.2) is 0 Å². The Morgan fingerprint density at radius 1 is 1.21 bits per heavy atom. The summed E-state index contributed by atoms with van der Waals surface area (Å²) >= 11 is 0. The highest BCUT2D eigenvalue weighted by atomic mass is 16.5. The van der Waals surface area contributed by atoms with Crippen LogP contribution >= 0.6 is 0 Å². The van der Waals surface area contributed by atoms with Gasteiger partial charge in [-0.3, -0.25) is 0 Å². The van der Waals surface area contributed by atoms with E-state index in [0.29, 0.717) is 24.3 Å². The van der Waals surface area contributed by atoms with Crippen molar-refractivity contribution in [3.8, 4) is 23.1 Å². The van der Waals surface area contributed by atoms with Crippen LogP contribution in [0.5, 0.6) is 5.75 Å². The van der Waals surface area contributed by atoms with Gasteiger partial charge in [-0.2, -0.15) is 5.26 Å². The molecule has 0 radical (unpaired) electrons. The summed E-state index contributed by atoms with van der Waals surface area (Å²) in [6.07, 6.45) is 1.97. The van der Waals surface area contributed by atoms with Gasteiger partial charge in [0.05, 0.1) is 23.9 Å². The second-order valence-corrected chi connectivity index (χ2v) is 6.78. The number of hydrogen-bond acceptors (Lipinski definition) is 3. The molecule has 0 aliphatic heterocycles. The standard InChI is InChI=1S/C23H26N4O2/c1-4-6-12-25-23(28)26-17-9-7-8-16(13-17)22-20(15-24)19-11-10-18(29-3)14-21(19)27(22)5-2/h7-11,13-14H,4-6,12H2,1-3H3,(H2,25,26,28). The van der Waals surface area contributed by atoms with Crippen molar-refractivity contribution in [1.82, 2.24) is 9.88 Å². The average molecular weight is 390 g/mol. The van der Waals surface area contributed by atoms with Crippen LogP contribution in [0.1, 0.15) is 32.3 Å². The predicted octanol–water partition coefficient (Wildman–Crippen LogP) is 5.13. The molecule has 0 aliphatic carbocycles. The third-order valence-corrected chi connectivity index (χ3v) is 4.91. The number of nitriles is 1. The normalized spacial score (nSPS) is 10.6. The van der Waals surface area contributed by atoms with Crippen LogP contribution in [0.3, 0.4) is 0 Å². The van der Waals surface area contributed by atoms with E-state index in [0.717, 1.165) is 40.8 Å². The van der Waals surface area contributed by atoms with Crippen molar-refractivity contribution in [2.45, 2.75) is 33.2 Å². The van der Waals surface area contributed by atoms with Crippen LogP contribution in [-0.4, -0.2) is 24.3 Å². The molecule has 0 saturated heterocycles. The molecule has 3 rings (SSSR count). The number of carbonyl (C=O) groups excluding carboxylic acids is 1. The number of rotatable bonds is 7. The number of unbranched alkanes of at least 4 members (excludes halogenated alkanes) is 1. The number of benzene rings is 2. The van der Waals surface area contributed by atoms with Crippen LogP contribution in [0.25, 0.3) is 22.2 Å². The third-order valence-electron chi connectivity index (χ3n) is 4.91. The Hall–Kier alpha value is -3.46. The van der Waals surface area contributed by atoms with Gasteiger partial charge in [0.25, 0.3) is 0 Å². The second kappa shape index (κ2) is 9.16. The fourth-order valence-electron chi connectivity index (χ4n) is 3.50. The molecular formula is C23H26N4O2. The van der Waals surface area contributed by atoms with E-state index >= 15 is 0 Å². The number of nitrogens with one attached hydrogen (secondary N) is 2. The van der Waals surface area contributed by atoms with Crippen molar-refractivity contribution in [1.29, 1.82) is 5.26 Å². The monoisotopic (exact) mass is 390 g/mol. The maximum atomic E-state index is 12.1. The molecule has 0 saturated carbocycles. The molecule has 150 valence electrons. The minimum atomic E-state index is -0.225. The Morgan fingerprint density at radius 2 is 2.03 bits per heavy atom. The molecule has 3 aromatic rings. The van der Waals surface area contributed by atoms with Gasteiger partial charge < -0.3 is 19.9 Å². The van der Waals surface area contributed by atoms with Crippen LogP contribution in [-0.2, 0) is 6.54 Å². The van der Waals surface area contributed by atoms with Gasteiger partial charge in [0.1, 0.15) is 11.8 Å². The Kier molecular flexibility index (Phi) is 6.40. The molecule has 0 unspecified atom stereocenters. The number of carbonyl (C=O) groups is 1. The number of urea groups is 1. The smallest absolute Gasteiger partial charge is 0.319 e. The van der Waals surface area contributed by atoms with Gasteiger partial charge in [-0.1, -0.05) is 25.5 Å². The zero-order chi connectivity index (χ0) is 20.8. The zero-order valence-corrected chi connectivity index (χ0v) is 17.1. The lowest BCUT2D eigenvalue weighted by Gasteiger charge is -2.12. The minimum absolute atomic E-state index is 0.225. The Balaban J connectivity index is 2.02. The first-order valence-corrected chi connectivity index (χ1v) is 9.88. The first-order chi connectivity index (χ1) is 14.1. The van der Waals surface area contributed by atoms with Gasteiger partial charge in [-0.15, -0.1) is 0 Å². The van der Waals surface area contributed by atoms with E-state index in [2.05, 4.69) is 28.2 Å². The van der Waals surface area contributed by atoms with E-state index in [1.165, 1.54) is 0 Å². The highest BCUT2D eigenvalue weighted by molar-refractivity contribution is 5.96. The van der Waals surface area contributed by atoms with Crippen LogP contribution < -0.4 is 15.4 Å². The van der Waals surface area contributed by atoms with Crippen molar-refractivity contribution in [3.63, 3.8) is 0 Å². The van der Waals surface area contributed by atoms with E-state index in [4.69, 9.17) is 4.74 Å². The quantitative estimate of drug-likeness (QED) is 0.549. The summed E-state index contributed by atoms with van der Waals surface area (Å²) in [4.78, 5) is 12.1. The van der Waals surface area contributed by atoms with Crippen molar-refractivity contribution in [2.75, 3.05) is 19.0 Å². The fraction of sp³-hybridized carbons (Fsp3) is 0.304. The number of amides is 2. The molecule has 0 bridgehead atoms. The number of fused-ring (bicyclic) bond motifs is 1. The number of aromatic nitrogens is 1. The number of ether oxygens (including phenoxy) is 1. The number of methoxy groups -OCH3 is 1. The van der Waals surface area contributed by atoms with Crippen LogP contribution in [0.4, 0.5) is 10.5 Å². The molecule has 2 amide bonds. The van der Waals surface area contributed by atoms with Crippen molar-refractivity contribution >= 4 is 22.6 Å². The molecule has 0 aliphatic rings. The first kappa shape index (κ1) is 20.3. The molecule has 1 aromatic heterocycles. The molecule has 0 atom stereocenters. The molecule has 29 heavy (non-hydrogen) atoms. The number of hydrogen-bond donors (Lipinski definition) is 2. The average Bonchev–Trinajstić information content (AvgIpc) is 3.06. The minimum Gasteiger partial charge on any atom is -0.497 e. The lowest BCUT2D eigenvalue weighted by molar-refractivity contribution is 0.252. The van der Waals surface area contributed by atoms with Gasteiger partial charge in [-0.25, -0.2) is 4.79 Å². The molecule has 1 heterocycles. The summed E-state index contributed by atoms with van der Waals surface area (Å²) in [6.45, 7) is 5.48. The van der Waals surface area contributed by atoms with E-state index < -0.39 is 0 Å². The largest absolute Gasteiger partial charge is 0.497 e. The summed E-state index contributed by atoms with van der Waals surface area (Å²) in [5.74, 6) is 0.750.